The number of carbonyl (C=O) groups is 2. The van der Waals surface area contributed by atoms with E-state index >= 15 is 0 Å². The third kappa shape index (κ3) is 7.03. The topological polar surface area (TPSA) is 70.7 Å². The number of morpholine rings is 1. The Kier molecular flexibility index (Phi) is 7.09. The zero-order valence-corrected chi connectivity index (χ0v) is 14.5. The van der Waals surface area contributed by atoms with Gasteiger partial charge in [-0.2, -0.15) is 0 Å². The molecule has 2 amide bonds. The van der Waals surface area contributed by atoms with Crippen molar-refractivity contribution in [3.8, 4) is 0 Å². The van der Waals surface area contributed by atoms with Gasteiger partial charge in [-0.3, -0.25) is 25.3 Å². The Morgan fingerprint density at radius 3 is 2.48 bits per heavy atom. The van der Waals surface area contributed by atoms with Gasteiger partial charge in [0.15, 0.2) is 0 Å². The van der Waals surface area contributed by atoms with Crippen LogP contribution in [0.3, 0.4) is 0 Å². The second-order valence-electron chi connectivity index (χ2n) is 6.19. The summed E-state index contributed by atoms with van der Waals surface area (Å²) in [6.45, 7) is 6.23. The highest BCUT2D eigenvalue weighted by Crippen LogP contribution is 2.10. The first-order valence-electron chi connectivity index (χ1n) is 8.32. The molecule has 1 aromatic carbocycles. The van der Waals surface area contributed by atoms with Gasteiger partial charge in [-0.25, -0.2) is 4.39 Å². The minimum Gasteiger partial charge on any atom is -0.373 e. The van der Waals surface area contributed by atoms with Crippen molar-refractivity contribution in [3.05, 3.63) is 41.7 Å². The lowest BCUT2D eigenvalue weighted by Crippen LogP contribution is -2.47. The quantitative estimate of drug-likeness (QED) is 0.624. The Labute approximate surface area is 147 Å². The van der Waals surface area contributed by atoms with Gasteiger partial charge in [-0.15, -0.1) is 0 Å². The molecule has 0 unspecified atom stereocenters. The van der Waals surface area contributed by atoms with Gasteiger partial charge >= 0.3 is 0 Å². The van der Waals surface area contributed by atoms with Gasteiger partial charge in [-0.1, -0.05) is 12.1 Å². The van der Waals surface area contributed by atoms with Gasteiger partial charge < -0.3 is 4.74 Å². The van der Waals surface area contributed by atoms with Crippen molar-refractivity contribution in [1.82, 2.24) is 15.8 Å². The van der Waals surface area contributed by atoms with E-state index in [9.17, 15) is 14.0 Å². The molecule has 0 radical (unpaired) electrons. The lowest BCUT2D eigenvalue weighted by atomic mass is 10.2. The second-order valence-corrected chi connectivity index (χ2v) is 6.19. The fourth-order valence-corrected chi connectivity index (χ4v) is 2.71. The van der Waals surface area contributed by atoms with Crippen LogP contribution in [0.25, 0.3) is 6.08 Å². The van der Waals surface area contributed by atoms with E-state index in [4.69, 9.17) is 4.74 Å². The van der Waals surface area contributed by atoms with Crippen molar-refractivity contribution in [2.24, 2.45) is 0 Å². The van der Waals surface area contributed by atoms with E-state index in [0.717, 1.165) is 13.1 Å². The highest BCUT2D eigenvalue weighted by atomic mass is 19.1. The maximum Gasteiger partial charge on any atom is 0.262 e. The van der Waals surface area contributed by atoms with Crippen molar-refractivity contribution >= 4 is 17.9 Å². The number of hydrazine groups is 1. The molecule has 0 aliphatic carbocycles. The van der Waals surface area contributed by atoms with Crippen LogP contribution < -0.4 is 10.9 Å². The predicted octanol–water partition coefficient (Wildman–Crippen LogP) is 1.49. The molecule has 2 atom stereocenters. The highest BCUT2D eigenvalue weighted by molar-refractivity contribution is 5.93. The number of carbonyl (C=O) groups excluding carboxylic acids is 2. The van der Waals surface area contributed by atoms with Gasteiger partial charge in [0.05, 0.1) is 12.2 Å². The van der Waals surface area contributed by atoms with Crippen LogP contribution in [0, 0.1) is 5.82 Å². The highest BCUT2D eigenvalue weighted by Gasteiger charge is 2.22. The van der Waals surface area contributed by atoms with E-state index in [1.807, 2.05) is 13.8 Å². The zero-order valence-electron chi connectivity index (χ0n) is 14.5. The van der Waals surface area contributed by atoms with Gasteiger partial charge in [0, 0.05) is 32.1 Å². The molecule has 1 fully saturated rings. The molecule has 7 heteroatoms. The Morgan fingerprint density at radius 1 is 1.20 bits per heavy atom. The summed E-state index contributed by atoms with van der Waals surface area (Å²) in [5.41, 5.74) is 5.40. The zero-order chi connectivity index (χ0) is 18.2. The molecule has 0 saturated carbocycles. The standard InChI is InChI=1S/C18H24FN3O3/c1-13-11-22(12-14(2)25-13)10-9-18(24)21-20-17(23)8-5-15-3-6-16(19)7-4-15/h3-8,13-14H,9-12H2,1-2H3,(H,20,23)(H,21,24)/b8-5+/t13-,14-/m0/s1. The maximum atomic E-state index is 12.8. The van der Waals surface area contributed by atoms with E-state index in [-0.39, 0.29) is 23.9 Å². The Balaban J connectivity index is 1.67. The number of ether oxygens (including phenoxy) is 1. The fraction of sp³-hybridized carbons (Fsp3) is 0.444. The SMILES string of the molecule is C[C@H]1CN(CCC(=O)NNC(=O)/C=C/c2ccc(F)cc2)C[C@H](C)O1. The summed E-state index contributed by atoms with van der Waals surface area (Å²) in [7, 11) is 0. The van der Waals surface area contributed by atoms with Crippen LogP contribution in [0.4, 0.5) is 4.39 Å². The largest absolute Gasteiger partial charge is 0.373 e. The summed E-state index contributed by atoms with van der Waals surface area (Å²) in [5, 5.41) is 0. The van der Waals surface area contributed by atoms with Crippen molar-refractivity contribution in [1.29, 1.82) is 0 Å². The van der Waals surface area contributed by atoms with E-state index in [1.54, 1.807) is 12.1 Å². The third-order valence-corrected chi connectivity index (χ3v) is 3.77. The average Bonchev–Trinajstić information content (AvgIpc) is 2.57. The first-order chi connectivity index (χ1) is 11.9. The van der Waals surface area contributed by atoms with Crippen molar-refractivity contribution < 1.29 is 18.7 Å². The van der Waals surface area contributed by atoms with Gasteiger partial charge in [-0.05, 0) is 37.6 Å². The molecule has 2 N–H and O–H groups in total. The molecule has 1 aromatic rings. The van der Waals surface area contributed by atoms with E-state index < -0.39 is 5.91 Å². The van der Waals surface area contributed by atoms with Crippen molar-refractivity contribution in [2.75, 3.05) is 19.6 Å². The normalized spacial score (nSPS) is 21.2. The van der Waals surface area contributed by atoms with Crippen LogP contribution in [0.1, 0.15) is 25.8 Å². The van der Waals surface area contributed by atoms with Gasteiger partial charge in [0.2, 0.25) is 5.91 Å². The number of nitrogens with one attached hydrogen (secondary N) is 2. The molecule has 25 heavy (non-hydrogen) atoms. The average molecular weight is 349 g/mol. The summed E-state index contributed by atoms with van der Waals surface area (Å²) in [6, 6.07) is 5.74. The number of hydrogen-bond donors (Lipinski definition) is 2. The molecule has 1 heterocycles. The Morgan fingerprint density at radius 2 is 1.84 bits per heavy atom. The van der Waals surface area contributed by atoms with Crippen LogP contribution in [-0.2, 0) is 14.3 Å². The number of hydrogen-bond acceptors (Lipinski definition) is 4. The summed E-state index contributed by atoms with van der Waals surface area (Å²) in [5.74, 6) is -1.04. The number of rotatable bonds is 5. The molecule has 0 spiro atoms. The second kappa shape index (κ2) is 9.29. The summed E-state index contributed by atoms with van der Waals surface area (Å²) < 4.78 is 18.4. The smallest absolute Gasteiger partial charge is 0.262 e. The van der Waals surface area contributed by atoms with E-state index in [1.165, 1.54) is 24.3 Å². The Bertz CT molecular complexity index is 608. The Hall–Kier alpha value is -2.25. The first kappa shape index (κ1) is 19.1. The van der Waals surface area contributed by atoms with Crippen molar-refractivity contribution in [2.45, 2.75) is 32.5 Å². The molecular formula is C18H24FN3O3. The molecule has 136 valence electrons. The van der Waals surface area contributed by atoms with Crippen LogP contribution in [0.15, 0.2) is 30.3 Å². The molecule has 0 aromatic heterocycles. The number of amides is 2. The van der Waals surface area contributed by atoms with Crippen LogP contribution in [0.2, 0.25) is 0 Å². The van der Waals surface area contributed by atoms with E-state index in [2.05, 4.69) is 15.8 Å². The molecule has 1 aliphatic heterocycles. The minimum absolute atomic E-state index is 0.156. The molecule has 1 aliphatic rings. The summed E-state index contributed by atoms with van der Waals surface area (Å²) in [6.07, 6.45) is 3.42. The van der Waals surface area contributed by atoms with Gasteiger partial charge in [0.1, 0.15) is 5.82 Å². The van der Waals surface area contributed by atoms with Gasteiger partial charge in [0.25, 0.3) is 5.91 Å². The third-order valence-electron chi connectivity index (χ3n) is 3.77. The lowest BCUT2D eigenvalue weighted by Gasteiger charge is -2.35. The number of nitrogens with zero attached hydrogens (tertiary/aromatic N) is 1. The minimum atomic E-state index is -0.453. The lowest BCUT2D eigenvalue weighted by molar-refractivity contribution is -0.127. The van der Waals surface area contributed by atoms with Crippen LogP contribution >= 0.6 is 0 Å². The van der Waals surface area contributed by atoms with Crippen LogP contribution in [-0.4, -0.2) is 48.6 Å². The monoisotopic (exact) mass is 349 g/mol. The molecular weight excluding hydrogens is 325 g/mol. The summed E-state index contributed by atoms with van der Waals surface area (Å²) >= 11 is 0. The van der Waals surface area contributed by atoms with E-state index in [0.29, 0.717) is 18.5 Å². The molecule has 1 saturated heterocycles. The van der Waals surface area contributed by atoms with Crippen molar-refractivity contribution in [3.63, 3.8) is 0 Å². The maximum absolute atomic E-state index is 12.8. The molecule has 6 nitrogen and oxygen atoms in total. The first-order valence-corrected chi connectivity index (χ1v) is 8.32. The summed E-state index contributed by atoms with van der Waals surface area (Å²) in [4.78, 5) is 25.7. The molecule has 2 rings (SSSR count). The van der Waals surface area contributed by atoms with Crippen LogP contribution in [0.5, 0.6) is 0 Å². The number of halogens is 1. The number of benzene rings is 1. The molecule has 0 bridgehead atoms. The fourth-order valence-electron chi connectivity index (χ4n) is 2.71. The predicted molar refractivity (Wildman–Crippen MR) is 92.8 cm³/mol.